The molecule has 0 saturated carbocycles. The number of aliphatic hydroxyl groups is 1. The number of rotatable bonds is 11. The number of hydrogen-bond acceptors (Lipinski definition) is 6. The van der Waals surface area contributed by atoms with Crippen molar-refractivity contribution in [2.45, 2.75) is 108 Å². The molecule has 2 N–H and O–H groups in total. The smallest absolute Gasteiger partial charge is 0.312 e. The van der Waals surface area contributed by atoms with Gasteiger partial charge in [0.15, 0.2) is 0 Å². The molecule has 0 aliphatic carbocycles. The van der Waals surface area contributed by atoms with Gasteiger partial charge in [-0.1, -0.05) is 49.5 Å². The van der Waals surface area contributed by atoms with Crippen molar-refractivity contribution < 1.29 is 29.0 Å². The quantitative estimate of drug-likeness (QED) is 0.229. The van der Waals surface area contributed by atoms with Crippen molar-refractivity contribution in [1.29, 1.82) is 0 Å². The fourth-order valence-corrected chi connectivity index (χ4v) is 7.64. The number of hydrogen-bond donors (Lipinski definition) is 2. The number of esters is 1. The van der Waals surface area contributed by atoms with Gasteiger partial charge in [-0.15, -0.1) is 0 Å². The summed E-state index contributed by atoms with van der Waals surface area (Å²) in [5.74, 6) is -2.30. The largest absolute Gasteiger partial charge is 0.466 e. The number of carbonyl (C=O) groups is 3. The van der Waals surface area contributed by atoms with Gasteiger partial charge in [0.2, 0.25) is 11.8 Å². The Hall–Kier alpha value is -1.19. The van der Waals surface area contributed by atoms with Crippen molar-refractivity contribution >= 4 is 33.7 Å². The first-order valence-electron chi connectivity index (χ1n) is 13.0. The lowest BCUT2D eigenvalue weighted by molar-refractivity contribution is -0.154. The average Bonchev–Trinajstić information content (AvgIpc) is 3.29. The third-order valence-electron chi connectivity index (χ3n) is 7.34. The van der Waals surface area contributed by atoms with Gasteiger partial charge in [0.05, 0.1) is 24.5 Å². The number of halogens is 1. The van der Waals surface area contributed by atoms with Gasteiger partial charge in [-0.2, -0.15) is 0 Å². The molecule has 3 aliphatic heterocycles. The number of ether oxygens (including phenoxy) is 2. The Bertz CT molecular complexity index is 812. The molecule has 200 valence electrons. The van der Waals surface area contributed by atoms with Crippen LogP contribution in [0.1, 0.15) is 80.1 Å². The summed E-state index contributed by atoms with van der Waals surface area (Å²) >= 11 is 3.67. The van der Waals surface area contributed by atoms with E-state index in [-0.39, 0.29) is 35.3 Å². The van der Waals surface area contributed by atoms with E-state index in [4.69, 9.17) is 14.6 Å². The minimum Gasteiger partial charge on any atom is -0.466 e. The second kappa shape index (κ2) is 10.7. The molecule has 3 heterocycles. The zero-order chi connectivity index (χ0) is 26.2. The van der Waals surface area contributed by atoms with E-state index in [1.165, 1.54) is 0 Å². The van der Waals surface area contributed by atoms with E-state index in [9.17, 15) is 14.4 Å². The van der Waals surface area contributed by atoms with Crippen molar-refractivity contribution in [1.82, 2.24) is 10.2 Å². The zero-order valence-corrected chi connectivity index (χ0v) is 23.7. The van der Waals surface area contributed by atoms with E-state index in [2.05, 4.69) is 42.0 Å². The molecule has 2 amide bonds. The maximum atomic E-state index is 13.9. The first kappa shape index (κ1) is 28.4. The van der Waals surface area contributed by atoms with E-state index in [0.717, 1.165) is 25.7 Å². The van der Waals surface area contributed by atoms with E-state index in [0.29, 0.717) is 19.4 Å². The molecule has 3 rings (SSSR count). The Balaban J connectivity index is 1.92. The maximum Gasteiger partial charge on any atom is 0.312 e. The number of fused-ring (bicyclic) bond motifs is 1. The molecule has 1 unspecified atom stereocenters. The second-order valence-corrected chi connectivity index (χ2v) is 13.4. The number of alkyl halides is 1. The van der Waals surface area contributed by atoms with Crippen LogP contribution in [0.2, 0.25) is 0 Å². The Labute approximate surface area is 218 Å². The van der Waals surface area contributed by atoms with Crippen molar-refractivity contribution in [2.75, 3.05) is 19.8 Å². The first-order valence-corrected chi connectivity index (χ1v) is 13.9. The molecule has 0 radical (unpaired) electrons. The van der Waals surface area contributed by atoms with Gasteiger partial charge in [0, 0.05) is 23.5 Å². The Kier molecular flexibility index (Phi) is 8.64. The molecule has 2 bridgehead atoms. The van der Waals surface area contributed by atoms with Crippen LogP contribution >= 0.6 is 15.9 Å². The Morgan fingerprint density at radius 2 is 1.86 bits per heavy atom. The minimum absolute atomic E-state index is 0.00770. The molecule has 6 atom stereocenters. The van der Waals surface area contributed by atoms with E-state index >= 15 is 0 Å². The van der Waals surface area contributed by atoms with Gasteiger partial charge in [0.1, 0.15) is 11.6 Å². The van der Waals surface area contributed by atoms with Crippen LogP contribution in [0, 0.1) is 17.3 Å². The van der Waals surface area contributed by atoms with Gasteiger partial charge < -0.3 is 24.8 Å². The van der Waals surface area contributed by atoms with Gasteiger partial charge in [-0.05, 0) is 51.9 Å². The highest BCUT2D eigenvalue weighted by Gasteiger charge is 2.76. The minimum atomic E-state index is -1.06. The highest BCUT2D eigenvalue weighted by atomic mass is 79.9. The predicted octanol–water partition coefficient (Wildman–Crippen LogP) is 3.18. The van der Waals surface area contributed by atoms with Gasteiger partial charge >= 0.3 is 5.97 Å². The van der Waals surface area contributed by atoms with E-state index in [1.807, 2.05) is 13.8 Å². The third-order valence-corrected chi connectivity index (χ3v) is 8.18. The summed E-state index contributed by atoms with van der Waals surface area (Å²) in [6.45, 7) is 12.9. The molecule has 0 aromatic rings. The van der Waals surface area contributed by atoms with Crippen LogP contribution in [-0.4, -0.2) is 75.7 Å². The molecular formula is C26H43BrN2O6. The fraction of sp³-hybridized carbons (Fsp3) is 0.885. The molecule has 8 nitrogen and oxygen atoms in total. The average molecular weight is 560 g/mol. The topological polar surface area (TPSA) is 105 Å². The highest BCUT2D eigenvalue weighted by Crippen LogP contribution is 2.60. The highest BCUT2D eigenvalue weighted by molar-refractivity contribution is 9.09. The summed E-state index contributed by atoms with van der Waals surface area (Å²) in [5, 5.41) is 12.3. The third kappa shape index (κ3) is 5.72. The number of nitrogens with zero attached hydrogens (tertiary/aromatic N) is 1. The molecule has 3 fully saturated rings. The second-order valence-electron chi connectivity index (χ2n) is 12.2. The molecular weight excluding hydrogens is 516 g/mol. The fourth-order valence-electron chi connectivity index (χ4n) is 6.70. The summed E-state index contributed by atoms with van der Waals surface area (Å²) in [6.07, 6.45) is 3.89. The SMILES string of the molecule is CCOC(=O)[C@H]1[C@@H]2O[C@@]3(CC2Br)[C@@H]1C(=O)N(CCCCCCO)[C@@H]3C(=O)NC(C)(C)CC(C)(C)C. The lowest BCUT2D eigenvalue weighted by Crippen LogP contribution is -2.59. The summed E-state index contributed by atoms with van der Waals surface area (Å²) in [6, 6.07) is -0.804. The lowest BCUT2D eigenvalue weighted by atomic mass is 9.70. The summed E-state index contributed by atoms with van der Waals surface area (Å²) in [5.41, 5.74) is -1.53. The number of likely N-dealkylation sites (tertiary alicyclic amines) is 1. The first-order chi connectivity index (χ1) is 16.3. The normalized spacial score (nSPS) is 32.2. The van der Waals surface area contributed by atoms with Crippen LogP contribution in [0.4, 0.5) is 0 Å². The Morgan fingerprint density at radius 1 is 1.20 bits per heavy atom. The van der Waals surface area contributed by atoms with Gasteiger partial charge in [-0.25, -0.2) is 0 Å². The summed E-state index contributed by atoms with van der Waals surface area (Å²) < 4.78 is 11.8. The van der Waals surface area contributed by atoms with Crippen LogP contribution < -0.4 is 5.32 Å². The standard InChI is InChI=1S/C26H43BrN2O6/c1-7-34-23(33)17-18-22(32)29(12-10-8-9-11-13-30)20(26(18)14-16(27)19(17)35-26)21(31)28-25(5,6)15-24(2,3)4/h16-20,30H,7-15H2,1-6H3,(H,28,31)/t16?,17-,18+,19-,20-,26+/m1/s1. The van der Waals surface area contributed by atoms with Crippen molar-refractivity contribution in [3.8, 4) is 0 Å². The molecule has 0 aromatic heterocycles. The zero-order valence-electron chi connectivity index (χ0n) is 22.1. The summed E-state index contributed by atoms with van der Waals surface area (Å²) in [7, 11) is 0. The van der Waals surface area contributed by atoms with Crippen LogP contribution in [0.15, 0.2) is 0 Å². The van der Waals surface area contributed by atoms with Crippen molar-refractivity contribution in [2.24, 2.45) is 17.3 Å². The molecule has 1 spiro atoms. The number of amides is 2. The van der Waals surface area contributed by atoms with E-state index in [1.54, 1.807) is 11.8 Å². The van der Waals surface area contributed by atoms with Crippen LogP contribution in [0.5, 0.6) is 0 Å². The molecule has 9 heteroatoms. The van der Waals surface area contributed by atoms with Crippen molar-refractivity contribution in [3.05, 3.63) is 0 Å². The predicted molar refractivity (Wildman–Crippen MR) is 136 cm³/mol. The molecule has 3 aliphatic rings. The maximum absolute atomic E-state index is 13.9. The van der Waals surface area contributed by atoms with E-state index < -0.39 is 41.1 Å². The molecule has 3 saturated heterocycles. The monoisotopic (exact) mass is 558 g/mol. The summed E-state index contributed by atoms with van der Waals surface area (Å²) in [4.78, 5) is 42.2. The molecule has 0 aromatic carbocycles. The number of aliphatic hydroxyl groups excluding tert-OH is 1. The van der Waals surface area contributed by atoms with Crippen LogP contribution in [0.25, 0.3) is 0 Å². The number of unbranched alkanes of at least 4 members (excludes halogenated alkanes) is 3. The molecule has 35 heavy (non-hydrogen) atoms. The van der Waals surface area contributed by atoms with Crippen molar-refractivity contribution in [3.63, 3.8) is 0 Å². The number of nitrogens with one attached hydrogen (secondary N) is 1. The van der Waals surface area contributed by atoms with Gasteiger partial charge in [0.25, 0.3) is 0 Å². The van der Waals surface area contributed by atoms with Crippen LogP contribution in [0.3, 0.4) is 0 Å². The Morgan fingerprint density at radius 3 is 2.46 bits per heavy atom. The lowest BCUT2D eigenvalue weighted by Gasteiger charge is -2.38. The van der Waals surface area contributed by atoms with Crippen LogP contribution in [-0.2, 0) is 23.9 Å². The number of carbonyl (C=O) groups excluding carboxylic acids is 3. The van der Waals surface area contributed by atoms with Gasteiger partial charge in [-0.3, -0.25) is 14.4 Å².